The Morgan fingerprint density at radius 3 is 2.61 bits per heavy atom. The molecule has 2 aromatic rings. The summed E-state index contributed by atoms with van der Waals surface area (Å²) in [5.41, 5.74) is 4.15. The van der Waals surface area contributed by atoms with Crippen molar-refractivity contribution in [3.05, 3.63) is 58.4 Å². The summed E-state index contributed by atoms with van der Waals surface area (Å²) in [7, 11) is 1.81. The number of halogens is 1. The van der Waals surface area contributed by atoms with Gasteiger partial charge in [0.1, 0.15) is 0 Å². The maximum absolute atomic E-state index is 12.2. The van der Waals surface area contributed by atoms with E-state index in [0.717, 1.165) is 23.2 Å². The van der Waals surface area contributed by atoms with Crippen LogP contribution in [0.1, 0.15) is 16.7 Å². The van der Waals surface area contributed by atoms with Gasteiger partial charge in [-0.15, -0.1) is 0 Å². The first-order chi connectivity index (χ1) is 11.0. The van der Waals surface area contributed by atoms with E-state index in [9.17, 15) is 4.79 Å². The van der Waals surface area contributed by atoms with E-state index in [2.05, 4.69) is 10.3 Å². The van der Waals surface area contributed by atoms with E-state index in [1.54, 1.807) is 17.3 Å². The molecule has 4 nitrogen and oxygen atoms in total. The van der Waals surface area contributed by atoms with Crippen LogP contribution in [0.2, 0.25) is 5.02 Å². The Morgan fingerprint density at radius 1 is 1.26 bits per heavy atom. The molecule has 1 N–H and O–H groups in total. The van der Waals surface area contributed by atoms with E-state index in [0.29, 0.717) is 11.6 Å². The van der Waals surface area contributed by atoms with E-state index < -0.39 is 0 Å². The predicted octanol–water partition coefficient (Wildman–Crippen LogP) is 3.46. The van der Waals surface area contributed by atoms with Crippen LogP contribution >= 0.6 is 11.6 Å². The Balaban J connectivity index is 1.87. The van der Waals surface area contributed by atoms with Gasteiger partial charge in [-0.1, -0.05) is 17.7 Å². The number of aromatic nitrogens is 1. The number of aryl methyl sites for hydroxylation is 2. The molecule has 0 unspecified atom stereocenters. The largest absolute Gasteiger partial charge is 0.375 e. The standard InChI is InChI=1S/C18H22ClN3O/c1-13-10-14(2)18(16(19)11-13)21-12-17(23)22(3)9-6-15-4-7-20-8-5-15/h4-5,7-8,10-11,21H,6,9,12H2,1-3H3. The molecule has 1 heterocycles. The first kappa shape index (κ1) is 17.3. The molecular formula is C18H22ClN3O. The van der Waals surface area contributed by atoms with E-state index in [-0.39, 0.29) is 12.5 Å². The second-order valence-corrected chi connectivity index (χ2v) is 6.12. The molecule has 1 aromatic carbocycles. The van der Waals surface area contributed by atoms with Crippen LogP contribution in [0.3, 0.4) is 0 Å². The number of hydrogen-bond acceptors (Lipinski definition) is 3. The summed E-state index contributed by atoms with van der Waals surface area (Å²) in [6.07, 6.45) is 4.34. The molecule has 122 valence electrons. The fourth-order valence-electron chi connectivity index (χ4n) is 2.41. The predicted molar refractivity (Wildman–Crippen MR) is 95.0 cm³/mol. The summed E-state index contributed by atoms with van der Waals surface area (Å²) >= 11 is 6.25. The highest BCUT2D eigenvalue weighted by Crippen LogP contribution is 2.27. The minimum absolute atomic E-state index is 0.0371. The van der Waals surface area contributed by atoms with Crippen molar-refractivity contribution in [3.8, 4) is 0 Å². The third-order valence-electron chi connectivity index (χ3n) is 3.76. The van der Waals surface area contributed by atoms with Gasteiger partial charge in [0.25, 0.3) is 0 Å². The number of carbonyl (C=O) groups is 1. The molecule has 0 aliphatic rings. The van der Waals surface area contributed by atoms with Crippen molar-refractivity contribution in [2.75, 3.05) is 25.5 Å². The Hall–Kier alpha value is -2.07. The lowest BCUT2D eigenvalue weighted by atomic mass is 10.1. The monoisotopic (exact) mass is 331 g/mol. The van der Waals surface area contributed by atoms with Gasteiger partial charge in [-0.2, -0.15) is 0 Å². The van der Waals surface area contributed by atoms with E-state index >= 15 is 0 Å². The molecule has 2 rings (SSSR count). The fraction of sp³-hybridized carbons (Fsp3) is 0.333. The number of nitrogens with zero attached hydrogens (tertiary/aromatic N) is 2. The quantitative estimate of drug-likeness (QED) is 0.881. The molecule has 1 aromatic heterocycles. The molecule has 23 heavy (non-hydrogen) atoms. The molecule has 0 atom stereocenters. The third-order valence-corrected chi connectivity index (χ3v) is 4.06. The Labute approximate surface area is 142 Å². The lowest BCUT2D eigenvalue weighted by molar-refractivity contribution is -0.127. The average Bonchev–Trinajstić information content (AvgIpc) is 2.52. The van der Waals surface area contributed by atoms with Crippen molar-refractivity contribution in [3.63, 3.8) is 0 Å². The van der Waals surface area contributed by atoms with Crippen molar-refractivity contribution >= 4 is 23.2 Å². The highest BCUT2D eigenvalue weighted by atomic mass is 35.5. The summed E-state index contributed by atoms with van der Waals surface area (Å²) in [5.74, 6) is 0.0371. The maximum Gasteiger partial charge on any atom is 0.241 e. The van der Waals surface area contributed by atoms with Crippen LogP contribution in [0.25, 0.3) is 0 Å². The number of anilines is 1. The number of amides is 1. The van der Waals surface area contributed by atoms with Crippen LogP contribution in [0.4, 0.5) is 5.69 Å². The summed E-state index contributed by atoms with van der Waals surface area (Å²) in [6.45, 7) is 4.89. The van der Waals surface area contributed by atoms with Gasteiger partial charge in [0.15, 0.2) is 0 Å². The highest BCUT2D eigenvalue weighted by Gasteiger charge is 2.11. The molecule has 0 aliphatic heterocycles. The van der Waals surface area contributed by atoms with Gasteiger partial charge in [-0.05, 0) is 55.2 Å². The molecule has 0 saturated carbocycles. The van der Waals surface area contributed by atoms with E-state index in [1.807, 2.05) is 45.2 Å². The number of pyridine rings is 1. The van der Waals surface area contributed by atoms with Gasteiger partial charge in [0, 0.05) is 26.0 Å². The van der Waals surface area contributed by atoms with Gasteiger partial charge in [0.05, 0.1) is 17.3 Å². The van der Waals surface area contributed by atoms with Crippen molar-refractivity contribution < 1.29 is 4.79 Å². The summed E-state index contributed by atoms with van der Waals surface area (Å²) in [5, 5.41) is 3.80. The normalized spacial score (nSPS) is 10.4. The maximum atomic E-state index is 12.2. The van der Waals surface area contributed by atoms with Crippen molar-refractivity contribution in [2.24, 2.45) is 0 Å². The van der Waals surface area contributed by atoms with Crippen LogP contribution in [0.5, 0.6) is 0 Å². The number of likely N-dealkylation sites (N-methyl/N-ethyl adjacent to an activating group) is 1. The number of benzene rings is 1. The molecule has 0 bridgehead atoms. The number of hydrogen-bond donors (Lipinski definition) is 1. The minimum Gasteiger partial charge on any atom is -0.375 e. The van der Waals surface area contributed by atoms with Crippen LogP contribution in [0, 0.1) is 13.8 Å². The molecule has 0 fully saturated rings. The summed E-state index contributed by atoms with van der Waals surface area (Å²) in [6, 6.07) is 7.87. The van der Waals surface area contributed by atoms with Gasteiger partial charge < -0.3 is 10.2 Å². The molecule has 0 spiro atoms. The fourth-order valence-corrected chi connectivity index (χ4v) is 2.80. The first-order valence-corrected chi connectivity index (χ1v) is 7.98. The van der Waals surface area contributed by atoms with Crippen molar-refractivity contribution in [2.45, 2.75) is 20.3 Å². The van der Waals surface area contributed by atoms with E-state index in [4.69, 9.17) is 11.6 Å². The lowest BCUT2D eigenvalue weighted by Crippen LogP contribution is -2.33. The Morgan fingerprint density at radius 2 is 1.96 bits per heavy atom. The third kappa shape index (κ3) is 4.96. The summed E-state index contributed by atoms with van der Waals surface area (Å²) in [4.78, 5) is 18.0. The zero-order valence-electron chi connectivity index (χ0n) is 13.8. The highest BCUT2D eigenvalue weighted by molar-refractivity contribution is 6.33. The van der Waals surface area contributed by atoms with Gasteiger partial charge >= 0.3 is 0 Å². The first-order valence-electron chi connectivity index (χ1n) is 7.61. The topological polar surface area (TPSA) is 45.2 Å². The molecule has 1 amide bonds. The number of nitrogens with one attached hydrogen (secondary N) is 1. The number of rotatable bonds is 6. The molecule has 0 radical (unpaired) electrons. The number of carbonyl (C=O) groups excluding carboxylic acids is 1. The van der Waals surface area contributed by atoms with Crippen molar-refractivity contribution in [1.29, 1.82) is 0 Å². The average molecular weight is 332 g/mol. The Kier molecular flexibility index (Phi) is 5.99. The smallest absolute Gasteiger partial charge is 0.241 e. The SMILES string of the molecule is Cc1cc(C)c(NCC(=O)N(C)CCc2ccncc2)c(Cl)c1. The van der Waals surface area contributed by atoms with Gasteiger partial charge in [-0.25, -0.2) is 0 Å². The molecule has 0 saturated heterocycles. The van der Waals surface area contributed by atoms with E-state index in [1.165, 1.54) is 5.56 Å². The van der Waals surface area contributed by atoms with Crippen molar-refractivity contribution in [1.82, 2.24) is 9.88 Å². The van der Waals surface area contributed by atoms with Gasteiger partial charge in [0.2, 0.25) is 5.91 Å². The molecule has 0 aliphatic carbocycles. The summed E-state index contributed by atoms with van der Waals surface area (Å²) < 4.78 is 0. The van der Waals surface area contributed by atoms with Crippen LogP contribution in [-0.2, 0) is 11.2 Å². The van der Waals surface area contributed by atoms with Crippen LogP contribution in [0.15, 0.2) is 36.7 Å². The molecule has 5 heteroatoms. The lowest BCUT2D eigenvalue weighted by Gasteiger charge is -2.19. The zero-order chi connectivity index (χ0) is 16.8. The van der Waals surface area contributed by atoms with Crippen LogP contribution in [-0.4, -0.2) is 35.9 Å². The minimum atomic E-state index is 0.0371. The Bertz CT molecular complexity index is 650. The zero-order valence-corrected chi connectivity index (χ0v) is 14.5. The van der Waals surface area contributed by atoms with Gasteiger partial charge in [-0.3, -0.25) is 9.78 Å². The molecular weight excluding hydrogens is 310 g/mol. The second-order valence-electron chi connectivity index (χ2n) is 5.71. The second kappa shape index (κ2) is 7.97. The van der Waals surface area contributed by atoms with Crippen LogP contribution < -0.4 is 5.32 Å².